The van der Waals surface area contributed by atoms with Crippen molar-refractivity contribution in [2.24, 2.45) is 0 Å². The van der Waals surface area contributed by atoms with Gasteiger partial charge in [-0.2, -0.15) is 0 Å². The van der Waals surface area contributed by atoms with Crippen LogP contribution >= 0.6 is 11.8 Å². The summed E-state index contributed by atoms with van der Waals surface area (Å²) in [6, 6.07) is 13.5. The molecule has 25 heavy (non-hydrogen) atoms. The lowest BCUT2D eigenvalue weighted by molar-refractivity contribution is 0.475. The predicted octanol–water partition coefficient (Wildman–Crippen LogP) is 5.33. The molecule has 1 aliphatic heterocycles. The van der Waals surface area contributed by atoms with Gasteiger partial charge >= 0.3 is 0 Å². The Morgan fingerprint density at radius 1 is 1.12 bits per heavy atom. The fourth-order valence-electron chi connectivity index (χ4n) is 3.14. The van der Waals surface area contributed by atoms with Gasteiger partial charge in [-0.1, -0.05) is 30.0 Å². The number of aryl methyl sites for hydroxylation is 2. The summed E-state index contributed by atoms with van der Waals surface area (Å²) in [5.41, 5.74) is 4.48. The normalized spacial score (nSPS) is 15.4. The van der Waals surface area contributed by atoms with Crippen LogP contribution in [0.5, 0.6) is 5.75 Å². The van der Waals surface area contributed by atoms with Crippen molar-refractivity contribution in [3.8, 4) is 5.75 Å². The molecule has 1 aromatic heterocycles. The molecule has 4 rings (SSSR count). The first kappa shape index (κ1) is 16.0. The first-order valence-electron chi connectivity index (χ1n) is 8.25. The van der Waals surface area contributed by atoms with E-state index in [9.17, 15) is 4.79 Å². The summed E-state index contributed by atoms with van der Waals surface area (Å²) in [6.45, 7) is 4.08. The summed E-state index contributed by atoms with van der Waals surface area (Å²) >= 11 is 1.58. The maximum absolute atomic E-state index is 12.9. The molecule has 2 aromatic carbocycles. The van der Waals surface area contributed by atoms with Gasteiger partial charge in [0.15, 0.2) is 5.09 Å². The molecule has 4 heteroatoms. The van der Waals surface area contributed by atoms with Crippen molar-refractivity contribution in [2.75, 3.05) is 5.75 Å². The third-order valence-corrected chi connectivity index (χ3v) is 5.18. The van der Waals surface area contributed by atoms with E-state index in [1.165, 1.54) is 0 Å². The van der Waals surface area contributed by atoms with E-state index in [1.807, 2.05) is 50.2 Å². The molecule has 0 saturated carbocycles. The second kappa shape index (κ2) is 6.45. The van der Waals surface area contributed by atoms with Crippen molar-refractivity contribution in [3.05, 3.63) is 75.6 Å². The maximum Gasteiger partial charge on any atom is 0.201 e. The lowest BCUT2D eigenvalue weighted by atomic mass is 10.0. The average molecular weight is 350 g/mol. The van der Waals surface area contributed by atoms with Crippen molar-refractivity contribution < 1.29 is 9.15 Å². The highest BCUT2D eigenvalue weighted by molar-refractivity contribution is 7.99. The summed E-state index contributed by atoms with van der Waals surface area (Å²) in [4.78, 5) is 12.9. The van der Waals surface area contributed by atoms with Gasteiger partial charge in [0.25, 0.3) is 0 Å². The third-order valence-electron chi connectivity index (χ3n) is 4.22. The van der Waals surface area contributed by atoms with E-state index in [2.05, 4.69) is 6.07 Å². The van der Waals surface area contributed by atoms with Gasteiger partial charge < -0.3 is 9.15 Å². The second-order valence-electron chi connectivity index (χ2n) is 6.27. The second-order valence-corrected chi connectivity index (χ2v) is 7.34. The summed E-state index contributed by atoms with van der Waals surface area (Å²) < 4.78 is 11.8. The van der Waals surface area contributed by atoms with Crippen LogP contribution in [-0.4, -0.2) is 5.75 Å². The smallest absolute Gasteiger partial charge is 0.201 e. The maximum atomic E-state index is 12.9. The van der Waals surface area contributed by atoms with Crippen LogP contribution in [0.25, 0.3) is 16.5 Å². The van der Waals surface area contributed by atoms with Crippen LogP contribution in [0.1, 0.15) is 23.1 Å². The van der Waals surface area contributed by atoms with E-state index in [4.69, 9.17) is 9.15 Å². The zero-order chi connectivity index (χ0) is 17.4. The molecule has 3 aromatic rings. The summed E-state index contributed by atoms with van der Waals surface area (Å²) in [5.74, 6) is 1.66. The van der Waals surface area contributed by atoms with E-state index < -0.39 is 0 Å². The Hall–Kier alpha value is -2.46. The van der Waals surface area contributed by atoms with Crippen LogP contribution < -0.4 is 10.2 Å². The van der Waals surface area contributed by atoms with Crippen LogP contribution in [0.3, 0.4) is 0 Å². The summed E-state index contributed by atoms with van der Waals surface area (Å²) in [7, 11) is 0. The van der Waals surface area contributed by atoms with Crippen LogP contribution in [-0.2, 0) is 0 Å². The van der Waals surface area contributed by atoms with Crippen molar-refractivity contribution in [1.29, 1.82) is 0 Å². The Balaban J connectivity index is 1.78. The van der Waals surface area contributed by atoms with Crippen LogP contribution in [0.2, 0.25) is 0 Å². The number of thioether (sulfide) groups is 1. The topological polar surface area (TPSA) is 39.4 Å². The molecule has 0 radical (unpaired) electrons. The van der Waals surface area contributed by atoms with Crippen molar-refractivity contribution in [1.82, 2.24) is 0 Å². The molecule has 0 bridgehead atoms. The SMILES string of the molecule is Cc1cc(C)cc(O/C=C2/CCSc3oc4ccccc4c(=O)c32)c1. The molecule has 0 N–H and O–H groups in total. The molecule has 3 nitrogen and oxygen atoms in total. The minimum absolute atomic E-state index is 0.0133. The van der Waals surface area contributed by atoms with E-state index in [0.29, 0.717) is 21.6 Å². The number of hydrogen-bond donors (Lipinski definition) is 0. The molecular formula is C21H18O3S. The largest absolute Gasteiger partial charge is 0.465 e. The van der Waals surface area contributed by atoms with Gasteiger partial charge in [0.05, 0.1) is 17.2 Å². The Morgan fingerprint density at radius 2 is 1.88 bits per heavy atom. The zero-order valence-corrected chi connectivity index (χ0v) is 15.0. The van der Waals surface area contributed by atoms with Crippen LogP contribution in [0, 0.1) is 13.8 Å². The number of hydrogen-bond acceptors (Lipinski definition) is 4. The minimum Gasteiger partial charge on any atom is -0.465 e. The van der Waals surface area contributed by atoms with Crippen molar-refractivity contribution in [2.45, 2.75) is 25.4 Å². The van der Waals surface area contributed by atoms with Crippen molar-refractivity contribution in [3.63, 3.8) is 0 Å². The Labute approximate surface area is 150 Å². The molecule has 0 unspecified atom stereocenters. The van der Waals surface area contributed by atoms with Gasteiger partial charge in [-0.25, -0.2) is 0 Å². The highest BCUT2D eigenvalue weighted by Crippen LogP contribution is 2.36. The van der Waals surface area contributed by atoms with E-state index in [0.717, 1.165) is 34.6 Å². The molecule has 126 valence electrons. The average Bonchev–Trinajstić information content (AvgIpc) is 2.59. The van der Waals surface area contributed by atoms with Gasteiger partial charge in [0.2, 0.25) is 5.43 Å². The van der Waals surface area contributed by atoms with Crippen molar-refractivity contribution >= 4 is 28.3 Å². The van der Waals surface area contributed by atoms with Crippen LogP contribution in [0.15, 0.2) is 63.0 Å². The van der Waals surface area contributed by atoms with Crippen LogP contribution in [0.4, 0.5) is 0 Å². The van der Waals surface area contributed by atoms with Gasteiger partial charge in [0.1, 0.15) is 11.3 Å². The van der Waals surface area contributed by atoms with Gasteiger partial charge in [-0.3, -0.25) is 4.79 Å². The molecule has 1 aliphatic rings. The van der Waals surface area contributed by atoms with E-state index in [1.54, 1.807) is 18.0 Å². The lowest BCUT2D eigenvalue weighted by Crippen LogP contribution is -2.14. The molecule has 0 spiro atoms. The minimum atomic E-state index is 0.0133. The molecular weight excluding hydrogens is 332 g/mol. The standard InChI is InChI=1S/C21H18O3S/c1-13-9-14(2)11-16(10-13)23-12-15-7-8-25-21-19(15)20(22)17-5-3-4-6-18(17)24-21/h3-6,9-12H,7-8H2,1-2H3/b15-12-. The molecule has 0 atom stereocenters. The first-order chi connectivity index (χ1) is 12.1. The highest BCUT2D eigenvalue weighted by Gasteiger charge is 2.23. The number of fused-ring (bicyclic) bond motifs is 2. The first-order valence-corrected chi connectivity index (χ1v) is 9.23. The fraction of sp³-hybridized carbons (Fsp3) is 0.190. The number of rotatable bonds is 2. The Morgan fingerprint density at radius 3 is 2.68 bits per heavy atom. The molecule has 0 amide bonds. The molecule has 0 aliphatic carbocycles. The lowest BCUT2D eigenvalue weighted by Gasteiger charge is -2.17. The van der Waals surface area contributed by atoms with Gasteiger partial charge in [-0.05, 0) is 55.7 Å². The highest BCUT2D eigenvalue weighted by atomic mass is 32.2. The molecule has 0 fully saturated rings. The quantitative estimate of drug-likeness (QED) is 0.586. The van der Waals surface area contributed by atoms with Gasteiger partial charge in [-0.15, -0.1) is 0 Å². The molecule has 2 heterocycles. The van der Waals surface area contributed by atoms with Gasteiger partial charge in [0, 0.05) is 11.3 Å². The fourth-order valence-corrected chi connectivity index (χ4v) is 4.16. The van der Waals surface area contributed by atoms with E-state index in [-0.39, 0.29) is 5.43 Å². The molecule has 0 saturated heterocycles. The number of allylic oxidation sites excluding steroid dienone is 1. The summed E-state index contributed by atoms with van der Waals surface area (Å²) in [6.07, 6.45) is 2.49. The summed E-state index contributed by atoms with van der Waals surface area (Å²) in [5, 5.41) is 1.30. The number of para-hydroxylation sites is 1. The third kappa shape index (κ3) is 3.10. The monoisotopic (exact) mass is 350 g/mol. The predicted molar refractivity (Wildman–Crippen MR) is 102 cm³/mol. The Bertz CT molecular complexity index is 1030. The Kier molecular flexibility index (Phi) is 4.14. The van der Waals surface area contributed by atoms with E-state index >= 15 is 0 Å². The zero-order valence-electron chi connectivity index (χ0n) is 14.2. The number of benzene rings is 2. The number of ether oxygens (including phenoxy) is 1.